The van der Waals surface area contributed by atoms with Gasteiger partial charge in [-0.05, 0) is 38.2 Å². The smallest absolute Gasteiger partial charge is 0.0693 e. The van der Waals surface area contributed by atoms with E-state index in [0.29, 0.717) is 5.25 Å². The Labute approximate surface area is 106 Å². The Morgan fingerprint density at radius 2 is 2.35 bits per heavy atom. The molecule has 0 radical (unpaired) electrons. The maximum absolute atomic E-state index is 5.94. The molecule has 0 aromatic carbocycles. The average molecular weight is 250 g/mol. The molecule has 4 heteroatoms. The second kappa shape index (κ2) is 4.50. The van der Waals surface area contributed by atoms with Crippen molar-refractivity contribution in [1.82, 2.24) is 4.98 Å². The van der Waals surface area contributed by atoms with Crippen molar-refractivity contribution < 1.29 is 4.74 Å². The third kappa shape index (κ3) is 2.29. The van der Waals surface area contributed by atoms with Crippen LogP contribution in [0.25, 0.3) is 0 Å². The number of anilines is 1. The molecule has 3 rings (SSSR count). The van der Waals surface area contributed by atoms with Crippen molar-refractivity contribution in [3.05, 3.63) is 18.5 Å². The van der Waals surface area contributed by atoms with Crippen molar-refractivity contribution in [3.63, 3.8) is 0 Å². The first-order valence-electron chi connectivity index (χ1n) is 6.28. The summed E-state index contributed by atoms with van der Waals surface area (Å²) >= 11 is 1.90. The van der Waals surface area contributed by atoms with Crippen LogP contribution in [0.4, 0.5) is 5.69 Å². The van der Waals surface area contributed by atoms with Crippen LogP contribution in [-0.2, 0) is 4.74 Å². The van der Waals surface area contributed by atoms with Gasteiger partial charge < -0.3 is 10.5 Å². The third-order valence-corrected chi connectivity index (χ3v) is 5.18. The highest BCUT2D eigenvalue weighted by molar-refractivity contribution is 8.00. The molecule has 1 saturated carbocycles. The third-order valence-electron chi connectivity index (χ3n) is 3.82. The molecule has 1 aliphatic carbocycles. The van der Waals surface area contributed by atoms with Gasteiger partial charge in [-0.2, -0.15) is 0 Å². The number of hydrogen-bond donors (Lipinski definition) is 1. The molecule has 2 aliphatic rings. The largest absolute Gasteiger partial charge is 0.397 e. The van der Waals surface area contributed by atoms with Crippen molar-refractivity contribution in [3.8, 4) is 0 Å². The number of nitrogens with zero attached hydrogens (tertiary/aromatic N) is 1. The van der Waals surface area contributed by atoms with Gasteiger partial charge in [0.05, 0.1) is 17.5 Å². The fraction of sp³-hybridized carbons (Fsp3) is 0.615. The molecular formula is C13H18N2OS. The van der Waals surface area contributed by atoms with Gasteiger partial charge in [-0.15, -0.1) is 11.8 Å². The van der Waals surface area contributed by atoms with Gasteiger partial charge >= 0.3 is 0 Å². The number of pyridine rings is 1. The van der Waals surface area contributed by atoms with Crippen molar-refractivity contribution in [2.24, 2.45) is 0 Å². The molecule has 3 nitrogen and oxygen atoms in total. The van der Waals surface area contributed by atoms with E-state index in [-0.39, 0.29) is 5.60 Å². The minimum Gasteiger partial charge on any atom is -0.397 e. The number of nitrogen functional groups attached to an aromatic ring is 1. The molecule has 1 spiro atoms. The van der Waals surface area contributed by atoms with Crippen LogP contribution < -0.4 is 5.73 Å². The van der Waals surface area contributed by atoms with E-state index in [4.69, 9.17) is 10.5 Å². The maximum atomic E-state index is 5.94. The molecule has 17 heavy (non-hydrogen) atoms. The van der Waals surface area contributed by atoms with E-state index in [2.05, 4.69) is 4.98 Å². The molecule has 1 atom stereocenters. The van der Waals surface area contributed by atoms with E-state index >= 15 is 0 Å². The first-order valence-corrected chi connectivity index (χ1v) is 7.16. The summed E-state index contributed by atoms with van der Waals surface area (Å²) in [5.74, 6) is 0. The van der Waals surface area contributed by atoms with Crippen LogP contribution in [0.1, 0.15) is 32.1 Å². The van der Waals surface area contributed by atoms with E-state index in [1.165, 1.54) is 30.6 Å². The summed E-state index contributed by atoms with van der Waals surface area (Å²) in [6.45, 7) is 0.905. The van der Waals surface area contributed by atoms with Crippen LogP contribution in [0.5, 0.6) is 0 Å². The molecule has 1 aliphatic heterocycles. The van der Waals surface area contributed by atoms with Crippen LogP contribution in [0, 0.1) is 0 Å². The zero-order valence-electron chi connectivity index (χ0n) is 9.89. The van der Waals surface area contributed by atoms with Crippen LogP contribution >= 0.6 is 11.8 Å². The normalized spacial score (nSPS) is 26.7. The zero-order chi connectivity index (χ0) is 11.7. The standard InChI is InChI=1S/C13H18N2OS/c14-11-9-15-6-2-12(11)17-10-3-7-16-13(8-10)4-1-5-13/h2,6,9-10H,1,3-5,7-8,14H2. The van der Waals surface area contributed by atoms with Gasteiger partial charge in [-0.3, -0.25) is 4.98 Å². The first kappa shape index (κ1) is 11.4. The van der Waals surface area contributed by atoms with Crippen molar-refractivity contribution in [2.45, 2.75) is 47.9 Å². The van der Waals surface area contributed by atoms with Crippen LogP contribution in [0.15, 0.2) is 23.4 Å². The molecule has 92 valence electrons. The van der Waals surface area contributed by atoms with Crippen LogP contribution in [0.3, 0.4) is 0 Å². The fourth-order valence-corrected chi connectivity index (χ4v) is 3.97. The molecule has 0 bridgehead atoms. The van der Waals surface area contributed by atoms with Crippen molar-refractivity contribution >= 4 is 17.4 Å². The summed E-state index contributed by atoms with van der Waals surface area (Å²) < 4.78 is 5.94. The molecule has 1 aromatic heterocycles. The molecule has 1 saturated heterocycles. The number of hydrogen-bond acceptors (Lipinski definition) is 4. The Morgan fingerprint density at radius 3 is 3.06 bits per heavy atom. The lowest BCUT2D eigenvalue weighted by molar-refractivity contribution is -0.125. The Kier molecular flexibility index (Phi) is 3.01. The van der Waals surface area contributed by atoms with Gasteiger partial charge in [0.25, 0.3) is 0 Å². The van der Waals surface area contributed by atoms with E-state index in [0.717, 1.165) is 18.7 Å². The first-order chi connectivity index (χ1) is 8.27. The van der Waals surface area contributed by atoms with Gasteiger partial charge in [0.15, 0.2) is 0 Å². The number of ether oxygens (including phenoxy) is 1. The number of aromatic nitrogens is 1. The lowest BCUT2D eigenvalue weighted by Gasteiger charge is -2.47. The Balaban J connectivity index is 1.67. The monoisotopic (exact) mass is 250 g/mol. The molecule has 1 unspecified atom stereocenters. The Hall–Kier alpha value is -0.740. The van der Waals surface area contributed by atoms with Gasteiger partial charge in [-0.25, -0.2) is 0 Å². The van der Waals surface area contributed by atoms with E-state index in [1.54, 1.807) is 6.20 Å². The van der Waals surface area contributed by atoms with Crippen molar-refractivity contribution in [2.75, 3.05) is 12.3 Å². The molecule has 1 aromatic rings. The fourth-order valence-electron chi connectivity index (χ4n) is 2.68. The lowest BCUT2D eigenvalue weighted by atomic mass is 9.75. The highest BCUT2D eigenvalue weighted by Gasteiger charge is 2.42. The minimum atomic E-state index is 0.220. The second-order valence-corrected chi connectivity index (χ2v) is 6.37. The topological polar surface area (TPSA) is 48.1 Å². The number of rotatable bonds is 2. The van der Waals surface area contributed by atoms with E-state index in [1.807, 2.05) is 24.0 Å². The predicted octanol–water partition coefficient (Wildman–Crippen LogP) is 2.86. The summed E-state index contributed by atoms with van der Waals surface area (Å²) in [5, 5.41) is 0.647. The zero-order valence-corrected chi connectivity index (χ0v) is 10.7. The summed E-state index contributed by atoms with van der Waals surface area (Å²) in [5.41, 5.74) is 6.96. The minimum absolute atomic E-state index is 0.220. The highest BCUT2D eigenvalue weighted by Crippen LogP contribution is 2.46. The average Bonchev–Trinajstić information content (AvgIpc) is 2.31. The molecule has 2 fully saturated rings. The van der Waals surface area contributed by atoms with Gasteiger partial charge in [0.1, 0.15) is 0 Å². The number of thioether (sulfide) groups is 1. The summed E-state index contributed by atoms with van der Waals surface area (Å²) in [7, 11) is 0. The second-order valence-electron chi connectivity index (χ2n) is 5.03. The molecule has 0 amide bonds. The van der Waals surface area contributed by atoms with E-state index in [9.17, 15) is 0 Å². The SMILES string of the molecule is Nc1cnccc1SC1CCOC2(CCC2)C1. The van der Waals surface area contributed by atoms with E-state index < -0.39 is 0 Å². The summed E-state index contributed by atoms with van der Waals surface area (Å²) in [6, 6.07) is 2.02. The summed E-state index contributed by atoms with van der Waals surface area (Å²) in [6.07, 6.45) is 9.69. The maximum Gasteiger partial charge on any atom is 0.0693 e. The lowest BCUT2D eigenvalue weighted by Crippen LogP contribution is -2.46. The molecule has 2 heterocycles. The number of nitrogens with two attached hydrogens (primary N) is 1. The highest BCUT2D eigenvalue weighted by atomic mass is 32.2. The predicted molar refractivity (Wildman–Crippen MR) is 70.1 cm³/mol. The molecular weight excluding hydrogens is 232 g/mol. The van der Waals surface area contributed by atoms with Crippen LogP contribution in [0.2, 0.25) is 0 Å². The quantitative estimate of drug-likeness (QED) is 0.876. The van der Waals surface area contributed by atoms with Gasteiger partial charge in [0, 0.05) is 22.9 Å². The Bertz CT molecular complexity index is 406. The summed E-state index contributed by atoms with van der Waals surface area (Å²) in [4.78, 5) is 5.20. The Morgan fingerprint density at radius 1 is 1.47 bits per heavy atom. The van der Waals surface area contributed by atoms with Gasteiger partial charge in [-0.1, -0.05) is 0 Å². The van der Waals surface area contributed by atoms with Crippen molar-refractivity contribution in [1.29, 1.82) is 0 Å². The molecule has 2 N–H and O–H groups in total. The van der Waals surface area contributed by atoms with Gasteiger partial charge in [0.2, 0.25) is 0 Å². The van der Waals surface area contributed by atoms with Crippen LogP contribution in [-0.4, -0.2) is 22.4 Å².